The van der Waals surface area contributed by atoms with Gasteiger partial charge in [-0.25, -0.2) is 0 Å². The first kappa shape index (κ1) is 38.4. The summed E-state index contributed by atoms with van der Waals surface area (Å²) in [7, 11) is 0. The normalized spacial score (nSPS) is 25.9. The molecule has 2 aromatic carbocycles. The molecule has 8 atom stereocenters. The van der Waals surface area contributed by atoms with Gasteiger partial charge in [-0.1, -0.05) is 109 Å². The number of carbonyl (C=O) groups excluding carboxylic acids is 4. The molecule has 0 aliphatic carbocycles. The van der Waals surface area contributed by atoms with Crippen molar-refractivity contribution in [3.63, 3.8) is 0 Å². The van der Waals surface area contributed by atoms with E-state index in [1.807, 2.05) is 60.7 Å². The second kappa shape index (κ2) is 17.6. The number of ether oxygens (including phenoxy) is 2. The van der Waals surface area contributed by atoms with Gasteiger partial charge in [-0.2, -0.15) is 0 Å². The Balaban J connectivity index is 1.50. The molecule has 2 aromatic rings. The molecule has 1 spiro atoms. The molecule has 3 amide bonds. The van der Waals surface area contributed by atoms with Crippen LogP contribution in [0.5, 0.6) is 0 Å². The van der Waals surface area contributed by atoms with E-state index in [2.05, 4.69) is 41.3 Å². The number of nitrogens with zero attached hydrogens (tertiary/aromatic N) is 2. The van der Waals surface area contributed by atoms with Crippen LogP contribution in [0, 0.1) is 11.8 Å². The summed E-state index contributed by atoms with van der Waals surface area (Å²) in [6, 6.07) is 16.8. The highest BCUT2D eigenvalue weighted by atomic mass is 79.9. The summed E-state index contributed by atoms with van der Waals surface area (Å²) >= 11 is 3.75. The van der Waals surface area contributed by atoms with Gasteiger partial charge in [-0.15, -0.1) is 13.2 Å². The topological polar surface area (TPSA) is 125 Å². The van der Waals surface area contributed by atoms with Crippen LogP contribution in [0.2, 0.25) is 0 Å². The minimum absolute atomic E-state index is 0.0383. The average molecular weight is 765 g/mol. The summed E-state index contributed by atoms with van der Waals surface area (Å²) in [5, 5.41) is 13.7. The number of rotatable bonds is 19. The Morgan fingerprint density at radius 3 is 2.47 bits per heavy atom. The molecule has 51 heavy (non-hydrogen) atoms. The van der Waals surface area contributed by atoms with Crippen LogP contribution in [0.1, 0.15) is 62.7 Å². The first-order valence-electron chi connectivity index (χ1n) is 18.0. The Hall–Kier alpha value is -3.80. The molecule has 2 bridgehead atoms. The van der Waals surface area contributed by atoms with Crippen LogP contribution in [0.3, 0.4) is 0 Å². The van der Waals surface area contributed by atoms with Crippen LogP contribution in [0.4, 0.5) is 0 Å². The lowest BCUT2D eigenvalue weighted by Crippen LogP contribution is -2.59. The van der Waals surface area contributed by atoms with Crippen molar-refractivity contribution < 1.29 is 33.8 Å². The Labute approximate surface area is 309 Å². The van der Waals surface area contributed by atoms with Gasteiger partial charge in [0, 0.05) is 24.3 Å². The van der Waals surface area contributed by atoms with Crippen molar-refractivity contribution in [3.8, 4) is 0 Å². The van der Waals surface area contributed by atoms with Crippen molar-refractivity contribution in [3.05, 3.63) is 97.1 Å². The molecule has 3 saturated heterocycles. The molecule has 5 rings (SSSR count). The van der Waals surface area contributed by atoms with Crippen LogP contribution < -0.4 is 5.32 Å². The number of alkyl halides is 1. The monoisotopic (exact) mass is 763 g/mol. The fourth-order valence-electron chi connectivity index (χ4n) is 7.96. The lowest BCUT2D eigenvalue weighted by Gasteiger charge is -2.39. The van der Waals surface area contributed by atoms with Gasteiger partial charge in [-0.3, -0.25) is 19.2 Å². The third-order valence-electron chi connectivity index (χ3n) is 10.3. The molecule has 0 aromatic heterocycles. The number of unbranched alkanes of at least 4 members (excludes halogenated alkanes) is 2. The minimum Gasteiger partial charge on any atom is -0.455 e. The Bertz CT molecular complexity index is 1540. The smallest absolute Gasteiger partial charge is 0.313 e. The molecule has 3 aliphatic heterocycles. The number of likely N-dealkylation sites (tertiary alicyclic amines) is 1. The zero-order valence-corrected chi connectivity index (χ0v) is 30.9. The molecule has 3 aliphatic rings. The molecular weight excluding hydrogens is 714 g/mol. The maximum Gasteiger partial charge on any atom is 0.313 e. The second-order valence-electron chi connectivity index (χ2n) is 13.7. The number of hydrogen-bond acceptors (Lipinski definition) is 7. The van der Waals surface area contributed by atoms with Crippen molar-refractivity contribution in [2.75, 3.05) is 26.2 Å². The summed E-state index contributed by atoms with van der Waals surface area (Å²) in [5.74, 6) is -3.57. The number of amides is 3. The van der Waals surface area contributed by atoms with Gasteiger partial charge in [0.15, 0.2) is 0 Å². The molecule has 10 nitrogen and oxygen atoms in total. The maximum absolute atomic E-state index is 14.9. The lowest BCUT2D eigenvalue weighted by atomic mass is 9.70. The molecule has 2 N–H and O–H groups in total. The van der Waals surface area contributed by atoms with E-state index in [1.165, 1.54) is 4.90 Å². The van der Waals surface area contributed by atoms with E-state index >= 15 is 0 Å². The highest BCUT2D eigenvalue weighted by Gasteiger charge is 2.77. The van der Waals surface area contributed by atoms with Crippen molar-refractivity contribution in [1.82, 2.24) is 15.1 Å². The quantitative estimate of drug-likeness (QED) is 0.0902. The summed E-state index contributed by atoms with van der Waals surface area (Å²) in [6.07, 6.45) is 5.88. The SMILES string of the molecule is C=CCCC(=O)NC[C@@H](OC(=O)[C@@H]1[C@H]2O[C@@]3(CC2Br)[C@H](C(=O)N(CC=C)CCCCC)N([C@@H](CO)Cc2ccccc2)C(=O)[C@@H]13)c1ccccc1. The number of nitrogens with one attached hydrogen (secondary N) is 1. The third kappa shape index (κ3) is 8.16. The fraction of sp³-hybridized carbons (Fsp3) is 0.500. The minimum atomic E-state index is -1.33. The van der Waals surface area contributed by atoms with Crippen LogP contribution in [0.25, 0.3) is 0 Å². The molecular formula is C40H50BrN3O7. The second-order valence-corrected chi connectivity index (χ2v) is 14.9. The standard InChI is InChI=1S/C40H50BrN3O7/c1-4-7-15-22-43(21-6-3)38(48)36-40-24-30(41)35(51-40)33(34(40)37(47)44(36)29(26-45)23-27-16-11-9-12-17-27)39(49)50-31(28-18-13-10-14-19-28)25-42-32(46)20-8-5-2/h5-6,9-14,16-19,29-31,33-36,45H,2-4,7-8,15,20-26H2,1H3,(H,42,46)/t29-,30?,31-,33+,34-,35+,36+,40-/m1/s1. The fourth-order valence-corrected chi connectivity index (χ4v) is 8.90. The lowest BCUT2D eigenvalue weighted by molar-refractivity contribution is -0.161. The molecule has 0 saturated carbocycles. The van der Waals surface area contributed by atoms with Crippen molar-refractivity contribution >= 4 is 39.6 Å². The molecule has 274 valence electrons. The van der Waals surface area contributed by atoms with Gasteiger partial charge < -0.3 is 29.7 Å². The number of carbonyl (C=O) groups is 4. The number of aliphatic hydroxyl groups is 1. The van der Waals surface area contributed by atoms with E-state index < -0.39 is 53.6 Å². The van der Waals surface area contributed by atoms with Crippen LogP contribution in [0.15, 0.2) is 86.0 Å². The van der Waals surface area contributed by atoms with Crippen molar-refractivity contribution in [2.24, 2.45) is 11.8 Å². The summed E-state index contributed by atoms with van der Waals surface area (Å²) in [5.41, 5.74) is 0.259. The Morgan fingerprint density at radius 2 is 1.82 bits per heavy atom. The van der Waals surface area contributed by atoms with Gasteiger partial charge in [0.05, 0.1) is 37.1 Å². The molecule has 3 heterocycles. The maximum atomic E-state index is 14.9. The number of benzene rings is 2. The predicted octanol–water partition coefficient (Wildman–Crippen LogP) is 4.91. The predicted molar refractivity (Wildman–Crippen MR) is 198 cm³/mol. The molecule has 11 heteroatoms. The van der Waals surface area contributed by atoms with Gasteiger partial charge in [0.1, 0.15) is 17.7 Å². The zero-order chi connectivity index (χ0) is 36.5. The number of halogens is 1. The van der Waals surface area contributed by atoms with Crippen LogP contribution in [-0.4, -0.2) is 93.5 Å². The van der Waals surface area contributed by atoms with E-state index in [4.69, 9.17) is 9.47 Å². The van der Waals surface area contributed by atoms with Gasteiger partial charge in [0.2, 0.25) is 17.7 Å². The van der Waals surface area contributed by atoms with E-state index in [9.17, 15) is 24.3 Å². The van der Waals surface area contributed by atoms with Gasteiger partial charge in [-0.05, 0) is 36.8 Å². The Kier molecular flexibility index (Phi) is 13.3. The summed E-state index contributed by atoms with van der Waals surface area (Å²) in [6.45, 7) is 10.1. The van der Waals surface area contributed by atoms with E-state index in [-0.39, 0.29) is 42.8 Å². The van der Waals surface area contributed by atoms with Gasteiger partial charge >= 0.3 is 5.97 Å². The van der Waals surface area contributed by atoms with E-state index in [0.29, 0.717) is 31.4 Å². The van der Waals surface area contributed by atoms with Crippen molar-refractivity contribution in [1.29, 1.82) is 0 Å². The number of esters is 1. The number of hydrogen-bond donors (Lipinski definition) is 2. The number of allylic oxidation sites excluding steroid dienone is 1. The zero-order valence-electron chi connectivity index (χ0n) is 29.3. The van der Waals surface area contributed by atoms with Crippen LogP contribution >= 0.6 is 15.9 Å². The third-order valence-corrected chi connectivity index (χ3v) is 11.2. The average Bonchev–Trinajstić information content (AvgIpc) is 3.74. The molecule has 3 fully saturated rings. The summed E-state index contributed by atoms with van der Waals surface area (Å²) in [4.78, 5) is 59.5. The largest absolute Gasteiger partial charge is 0.455 e. The first-order chi connectivity index (χ1) is 24.7. The van der Waals surface area contributed by atoms with Gasteiger partial charge in [0.25, 0.3) is 0 Å². The summed E-state index contributed by atoms with van der Waals surface area (Å²) < 4.78 is 12.9. The highest BCUT2D eigenvalue weighted by Crippen LogP contribution is 2.61. The van der Waals surface area contributed by atoms with E-state index in [1.54, 1.807) is 17.1 Å². The first-order valence-corrected chi connectivity index (χ1v) is 18.9. The molecule has 0 radical (unpaired) electrons. The van der Waals surface area contributed by atoms with E-state index in [0.717, 1.165) is 24.8 Å². The number of fused-ring (bicyclic) bond motifs is 1. The highest BCUT2D eigenvalue weighted by molar-refractivity contribution is 9.09. The number of aliphatic hydroxyl groups excluding tert-OH is 1. The van der Waals surface area contributed by atoms with Crippen LogP contribution in [-0.2, 0) is 35.1 Å². The molecule has 1 unspecified atom stereocenters. The Morgan fingerprint density at radius 1 is 1.12 bits per heavy atom. The van der Waals surface area contributed by atoms with Crippen molar-refractivity contribution in [2.45, 2.75) is 86.6 Å².